The Labute approximate surface area is 89.0 Å². The van der Waals surface area contributed by atoms with Crippen molar-refractivity contribution in [3.63, 3.8) is 0 Å². The van der Waals surface area contributed by atoms with Crippen LogP contribution in [0.4, 0.5) is 0 Å². The van der Waals surface area contributed by atoms with E-state index >= 15 is 0 Å². The van der Waals surface area contributed by atoms with Gasteiger partial charge in [-0.25, -0.2) is 0 Å². The van der Waals surface area contributed by atoms with Gasteiger partial charge in [0.15, 0.2) is 0 Å². The van der Waals surface area contributed by atoms with Crippen LogP contribution in [0.3, 0.4) is 0 Å². The topological polar surface area (TPSA) is 9.23 Å². The lowest BCUT2D eigenvalue weighted by molar-refractivity contribution is 0.0660. The number of halogens is 2. The number of hydrogen-bond acceptors (Lipinski definition) is 1. The molecule has 1 nitrogen and oxygen atoms in total. The maximum absolute atomic E-state index is 6.06. The predicted molar refractivity (Wildman–Crippen MR) is 56.2 cm³/mol. The molecule has 3 unspecified atom stereocenters. The molecule has 0 N–H and O–H groups in total. The summed E-state index contributed by atoms with van der Waals surface area (Å²) in [5.74, 6) is 2.42. The summed E-state index contributed by atoms with van der Waals surface area (Å²) in [6.45, 7) is 4.17. The zero-order chi connectivity index (χ0) is 9.84. The van der Waals surface area contributed by atoms with Crippen LogP contribution in [0, 0.1) is 12.3 Å². The first-order valence-electron chi connectivity index (χ1n) is 4.16. The molecule has 13 heavy (non-hydrogen) atoms. The van der Waals surface area contributed by atoms with Crippen LogP contribution in [0.25, 0.3) is 0 Å². The average molecular weight is 219 g/mol. The molecule has 1 fully saturated rings. The Morgan fingerprint density at radius 2 is 2.31 bits per heavy atom. The lowest BCUT2D eigenvalue weighted by Gasteiger charge is -2.31. The smallest absolute Gasteiger partial charge is 0.107 e. The molecular weight excluding hydrogens is 207 g/mol. The van der Waals surface area contributed by atoms with Gasteiger partial charge in [-0.3, -0.25) is 0 Å². The Kier molecular flexibility index (Phi) is 4.12. The molecule has 1 aliphatic carbocycles. The molecule has 1 rings (SSSR count). The quantitative estimate of drug-likeness (QED) is 0.394. The Bertz CT molecular complexity index is 232. The fourth-order valence-corrected chi connectivity index (χ4v) is 2.06. The number of hydrogen-bond donors (Lipinski definition) is 0. The summed E-state index contributed by atoms with van der Waals surface area (Å²) < 4.78 is 5.38. The highest BCUT2D eigenvalue weighted by molar-refractivity contribution is 6.25. The van der Waals surface area contributed by atoms with Crippen molar-refractivity contribution in [3.05, 3.63) is 12.2 Å². The molecule has 72 valence electrons. The Morgan fingerprint density at radius 1 is 1.62 bits per heavy atom. The molecule has 3 heteroatoms. The standard InChI is InChI=1S/C10H12Cl2O/c1-3-4-13-10-5-7(2)8(11)6-9(10)12/h1,8-10H,2,4-6H2. The molecular formula is C10H12Cl2O. The normalized spacial score (nSPS) is 34.2. The van der Waals surface area contributed by atoms with E-state index in [0.29, 0.717) is 19.4 Å². The molecule has 0 heterocycles. The SMILES string of the molecule is C#CCOC1CC(=C)C(Cl)CC1Cl. The van der Waals surface area contributed by atoms with E-state index in [1.165, 1.54) is 0 Å². The summed E-state index contributed by atoms with van der Waals surface area (Å²) in [6.07, 6.45) is 6.48. The lowest BCUT2D eigenvalue weighted by Crippen LogP contribution is -2.34. The fourth-order valence-electron chi connectivity index (χ4n) is 1.35. The van der Waals surface area contributed by atoms with E-state index in [2.05, 4.69) is 12.5 Å². The van der Waals surface area contributed by atoms with Gasteiger partial charge in [0, 0.05) is 0 Å². The van der Waals surface area contributed by atoms with E-state index < -0.39 is 0 Å². The van der Waals surface area contributed by atoms with Crippen LogP contribution in [0.1, 0.15) is 12.8 Å². The van der Waals surface area contributed by atoms with E-state index in [0.717, 1.165) is 5.57 Å². The Morgan fingerprint density at radius 3 is 2.92 bits per heavy atom. The van der Waals surface area contributed by atoms with Crippen LogP contribution in [-0.4, -0.2) is 23.5 Å². The third-order valence-electron chi connectivity index (χ3n) is 2.12. The first kappa shape index (κ1) is 10.9. The van der Waals surface area contributed by atoms with Crippen molar-refractivity contribution in [2.75, 3.05) is 6.61 Å². The van der Waals surface area contributed by atoms with Crippen LogP contribution in [-0.2, 0) is 4.74 Å². The zero-order valence-corrected chi connectivity index (χ0v) is 8.81. The van der Waals surface area contributed by atoms with Crippen LogP contribution < -0.4 is 0 Å². The van der Waals surface area contributed by atoms with Gasteiger partial charge in [-0.2, -0.15) is 0 Å². The molecule has 1 aliphatic rings. The third-order valence-corrected chi connectivity index (χ3v) is 3.07. The second kappa shape index (κ2) is 4.91. The predicted octanol–water partition coefficient (Wildman–Crippen LogP) is 2.57. The first-order valence-corrected chi connectivity index (χ1v) is 5.03. The van der Waals surface area contributed by atoms with E-state index in [4.69, 9.17) is 34.4 Å². The van der Waals surface area contributed by atoms with Crippen molar-refractivity contribution in [1.29, 1.82) is 0 Å². The molecule has 0 aliphatic heterocycles. The van der Waals surface area contributed by atoms with E-state index in [-0.39, 0.29) is 16.9 Å². The van der Waals surface area contributed by atoms with Crippen molar-refractivity contribution in [2.24, 2.45) is 0 Å². The summed E-state index contributed by atoms with van der Waals surface area (Å²) in [5, 5.41) is -0.0745. The number of ether oxygens (including phenoxy) is 1. The van der Waals surface area contributed by atoms with Crippen molar-refractivity contribution < 1.29 is 4.74 Å². The first-order chi connectivity index (χ1) is 6.15. The van der Waals surface area contributed by atoms with Gasteiger partial charge in [0.2, 0.25) is 0 Å². The van der Waals surface area contributed by atoms with Gasteiger partial charge in [-0.15, -0.1) is 29.6 Å². The second-order valence-corrected chi connectivity index (χ2v) is 4.22. The monoisotopic (exact) mass is 218 g/mol. The molecule has 0 aromatic rings. The van der Waals surface area contributed by atoms with Crippen LogP contribution >= 0.6 is 23.2 Å². The summed E-state index contributed by atoms with van der Waals surface area (Å²) in [4.78, 5) is 0. The van der Waals surface area contributed by atoms with Crippen molar-refractivity contribution in [3.8, 4) is 12.3 Å². The highest BCUT2D eigenvalue weighted by Crippen LogP contribution is 2.32. The van der Waals surface area contributed by atoms with Gasteiger partial charge in [0.1, 0.15) is 6.61 Å². The molecule has 1 saturated carbocycles. The van der Waals surface area contributed by atoms with Gasteiger partial charge in [-0.05, 0) is 12.8 Å². The highest BCUT2D eigenvalue weighted by Gasteiger charge is 2.30. The second-order valence-electron chi connectivity index (χ2n) is 3.14. The molecule has 0 aromatic carbocycles. The van der Waals surface area contributed by atoms with Gasteiger partial charge < -0.3 is 4.74 Å². The van der Waals surface area contributed by atoms with Crippen LogP contribution in [0.2, 0.25) is 0 Å². The minimum Gasteiger partial charge on any atom is -0.364 e. The highest BCUT2D eigenvalue weighted by atomic mass is 35.5. The summed E-state index contributed by atoms with van der Waals surface area (Å²) in [5.41, 5.74) is 0.987. The maximum atomic E-state index is 6.06. The molecule has 0 spiro atoms. The maximum Gasteiger partial charge on any atom is 0.107 e. The van der Waals surface area contributed by atoms with Crippen LogP contribution in [0.5, 0.6) is 0 Å². The number of alkyl halides is 2. The Hall–Kier alpha value is -0.160. The van der Waals surface area contributed by atoms with Gasteiger partial charge in [0.05, 0.1) is 16.9 Å². The van der Waals surface area contributed by atoms with Crippen molar-refractivity contribution in [2.45, 2.75) is 29.7 Å². The van der Waals surface area contributed by atoms with Gasteiger partial charge in [-0.1, -0.05) is 18.1 Å². The van der Waals surface area contributed by atoms with E-state index in [1.54, 1.807) is 0 Å². The minimum absolute atomic E-state index is 0.0202. The summed E-state index contributed by atoms with van der Waals surface area (Å²) >= 11 is 12.0. The van der Waals surface area contributed by atoms with E-state index in [9.17, 15) is 0 Å². The molecule has 0 bridgehead atoms. The third kappa shape index (κ3) is 2.91. The molecule has 3 atom stereocenters. The molecule has 0 saturated heterocycles. The number of rotatable bonds is 2. The molecule has 0 amide bonds. The average Bonchev–Trinajstić information content (AvgIpc) is 2.09. The molecule has 0 aromatic heterocycles. The van der Waals surface area contributed by atoms with Crippen LogP contribution in [0.15, 0.2) is 12.2 Å². The van der Waals surface area contributed by atoms with Gasteiger partial charge >= 0.3 is 0 Å². The fraction of sp³-hybridized carbons (Fsp3) is 0.600. The largest absolute Gasteiger partial charge is 0.364 e. The lowest BCUT2D eigenvalue weighted by atomic mass is 9.92. The molecule has 0 radical (unpaired) electrons. The van der Waals surface area contributed by atoms with E-state index in [1.807, 2.05) is 0 Å². The Balaban J connectivity index is 2.47. The van der Waals surface area contributed by atoms with Crippen molar-refractivity contribution >= 4 is 23.2 Å². The summed E-state index contributed by atoms with van der Waals surface area (Å²) in [7, 11) is 0. The summed E-state index contributed by atoms with van der Waals surface area (Å²) in [6, 6.07) is 0. The zero-order valence-electron chi connectivity index (χ0n) is 7.30. The minimum atomic E-state index is -0.0543. The van der Waals surface area contributed by atoms with Crippen molar-refractivity contribution in [1.82, 2.24) is 0 Å². The van der Waals surface area contributed by atoms with Gasteiger partial charge in [0.25, 0.3) is 0 Å². The number of terminal acetylenes is 1.